The summed E-state index contributed by atoms with van der Waals surface area (Å²) in [5.74, 6) is -0.515. The average Bonchev–Trinajstić information content (AvgIpc) is 2.51. The Labute approximate surface area is 133 Å². The highest BCUT2D eigenvalue weighted by Gasteiger charge is 2.50. The first-order valence-electron chi connectivity index (χ1n) is 7.43. The summed E-state index contributed by atoms with van der Waals surface area (Å²) < 4.78 is 11.1. The SMILES string of the molecule is CCC1(O)C(C)OC(c2ccncc2[N+](=O)[O-])CC1OC(C)=O. The molecular formula is C15H20N2O6. The second-order valence-electron chi connectivity index (χ2n) is 5.64. The van der Waals surface area contributed by atoms with Crippen LogP contribution < -0.4 is 0 Å². The minimum atomic E-state index is -1.33. The molecule has 0 saturated carbocycles. The Kier molecular flexibility index (Phi) is 4.96. The van der Waals surface area contributed by atoms with E-state index in [1.165, 1.54) is 19.2 Å². The van der Waals surface area contributed by atoms with Gasteiger partial charge in [-0.25, -0.2) is 0 Å². The van der Waals surface area contributed by atoms with Crippen LogP contribution in [-0.2, 0) is 14.3 Å². The van der Waals surface area contributed by atoms with Gasteiger partial charge >= 0.3 is 5.97 Å². The van der Waals surface area contributed by atoms with Crippen molar-refractivity contribution in [1.29, 1.82) is 0 Å². The van der Waals surface area contributed by atoms with Crippen molar-refractivity contribution in [1.82, 2.24) is 4.98 Å². The van der Waals surface area contributed by atoms with Gasteiger partial charge in [0.2, 0.25) is 0 Å². The third-order valence-electron chi connectivity index (χ3n) is 4.31. The summed E-state index contributed by atoms with van der Waals surface area (Å²) in [5, 5.41) is 21.9. The summed E-state index contributed by atoms with van der Waals surface area (Å²) in [6, 6.07) is 1.51. The lowest BCUT2D eigenvalue weighted by Gasteiger charge is -2.45. The Morgan fingerprint density at radius 1 is 1.65 bits per heavy atom. The van der Waals surface area contributed by atoms with Gasteiger partial charge in [-0.2, -0.15) is 0 Å². The molecule has 0 aliphatic carbocycles. The highest BCUT2D eigenvalue weighted by atomic mass is 16.6. The van der Waals surface area contributed by atoms with Crippen molar-refractivity contribution in [2.24, 2.45) is 0 Å². The van der Waals surface area contributed by atoms with Crippen molar-refractivity contribution in [3.05, 3.63) is 34.1 Å². The summed E-state index contributed by atoms with van der Waals surface area (Å²) in [5.41, 5.74) is -1.13. The van der Waals surface area contributed by atoms with E-state index in [1.54, 1.807) is 13.8 Å². The van der Waals surface area contributed by atoms with E-state index in [-0.39, 0.29) is 12.1 Å². The smallest absolute Gasteiger partial charge is 0.303 e. The molecule has 0 aromatic carbocycles. The number of nitrogens with zero attached hydrogens (tertiary/aromatic N) is 2. The maximum absolute atomic E-state index is 11.3. The number of aromatic nitrogens is 1. The van der Waals surface area contributed by atoms with Crippen LogP contribution in [0.15, 0.2) is 18.5 Å². The number of hydrogen-bond donors (Lipinski definition) is 1. The average molecular weight is 324 g/mol. The van der Waals surface area contributed by atoms with Gasteiger partial charge in [0.05, 0.1) is 22.7 Å². The molecule has 8 nitrogen and oxygen atoms in total. The number of esters is 1. The molecule has 2 heterocycles. The molecule has 0 amide bonds. The van der Waals surface area contributed by atoms with Gasteiger partial charge in [-0.15, -0.1) is 0 Å². The lowest BCUT2D eigenvalue weighted by atomic mass is 9.81. The highest BCUT2D eigenvalue weighted by molar-refractivity contribution is 5.66. The maximum Gasteiger partial charge on any atom is 0.303 e. The van der Waals surface area contributed by atoms with Gasteiger partial charge in [-0.3, -0.25) is 19.9 Å². The first-order chi connectivity index (χ1) is 10.8. The predicted octanol–water partition coefficient (Wildman–Crippen LogP) is 1.91. The molecule has 1 aromatic heterocycles. The van der Waals surface area contributed by atoms with Crippen LogP contribution in [0, 0.1) is 10.1 Å². The van der Waals surface area contributed by atoms with Crippen LogP contribution in [0.5, 0.6) is 0 Å². The summed E-state index contributed by atoms with van der Waals surface area (Å²) >= 11 is 0. The molecule has 1 aliphatic rings. The molecule has 1 saturated heterocycles. The standard InChI is InChI=1S/C15H20N2O6/c1-4-15(19)9(2)22-13(7-14(15)23-10(3)18)11-5-6-16-8-12(11)17(20)21/h5-6,8-9,13-14,19H,4,7H2,1-3H3. The Bertz CT molecular complexity index is 607. The third kappa shape index (κ3) is 3.32. The van der Waals surface area contributed by atoms with Gasteiger partial charge < -0.3 is 14.6 Å². The highest BCUT2D eigenvalue weighted by Crippen LogP contribution is 2.42. The fraction of sp³-hybridized carbons (Fsp3) is 0.600. The van der Waals surface area contributed by atoms with Crippen molar-refractivity contribution in [3.63, 3.8) is 0 Å². The first-order valence-corrected chi connectivity index (χ1v) is 7.43. The number of rotatable bonds is 4. The molecule has 0 bridgehead atoms. The second kappa shape index (κ2) is 6.59. The van der Waals surface area contributed by atoms with Crippen LogP contribution in [0.25, 0.3) is 0 Å². The summed E-state index contributed by atoms with van der Waals surface area (Å²) in [6.07, 6.45) is 0.957. The molecule has 2 rings (SSSR count). The van der Waals surface area contributed by atoms with E-state index in [0.29, 0.717) is 12.0 Å². The van der Waals surface area contributed by atoms with Crippen molar-refractivity contribution < 1.29 is 24.3 Å². The second-order valence-corrected chi connectivity index (χ2v) is 5.64. The summed E-state index contributed by atoms with van der Waals surface area (Å²) in [6.45, 7) is 4.70. The number of ether oxygens (including phenoxy) is 2. The number of carbonyl (C=O) groups excluding carboxylic acids is 1. The molecule has 126 valence electrons. The molecule has 1 N–H and O–H groups in total. The van der Waals surface area contributed by atoms with E-state index in [9.17, 15) is 20.0 Å². The zero-order chi connectivity index (χ0) is 17.2. The molecule has 4 atom stereocenters. The molecule has 1 aromatic rings. The van der Waals surface area contributed by atoms with Gasteiger partial charge in [-0.1, -0.05) is 6.92 Å². The minimum Gasteiger partial charge on any atom is -0.459 e. The summed E-state index contributed by atoms with van der Waals surface area (Å²) in [7, 11) is 0. The van der Waals surface area contributed by atoms with Gasteiger partial charge in [0, 0.05) is 19.5 Å². The molecule has 1 aliphatic heterocycles. The van der Waals surface area contributed by atoms with Crippen LogP contribution in [-0.4, -0.2) is 38.8 Å². The molecule has 0 spiro atoms. The number of carbonyl (C=O) groups is 1. The van der Waals surface area contributed by atoms with E-state index >= 15 is 0 Å². The number of nitro groups is 1. The number of pyridine rings is 1. The zero-order valence-corrected chi connectivity index (χ0v) is 13.3. The number of aliphatic hydroxyl groups is 1. The number of hydrogen-bond acceptors (Lipinski definition) is 7. The fourth-order valence-corrected chi connectivity index (χ4v) is 2.97. The molecule has 0 radical (unpaired) electrons. The van der Waals surface area contributed by atoms with Gasteiger partial charge in [0.1, 0.15) is 17.9 Å². The lowest BCUT2D eigenvalue weighted by Crippen LogP contribution is -2.57. The first kappa shape index (κ1) is 17.3. The van der Waals surface area contributed by atoms with E-state index in [1.807, 2.05) is 0 Å². The Morgan fingerprint density at radius 3 is 2.91 bits per heavy atom. The van der Waals surface area contributed by atoms with E-state index in [2.05, 4.69) is 4.98 Å². The monoisotopic (exact) mass is 324 g/mol. The van der Waals surface area contributed by atoms with Crippen molar-refractivity contribution in [2.45, 2.75) is 57.5 Å². The van der Waals surface area contributed by atoms with Crippen LogP contribution in [0.1, 0.15) is 45.3 Å². The van der Waals surface area contributed by atoms with Crippen molar-refractivity contribution in [2.75, 3.05) is 0 Å². The molecule has 8 heteroatoms. The van der Waals surface area contributed by atoms with Gasteiger partial charge in [0.25, 0.3) is 5.69 Å². The molecule has 23 heavy (non-hydrogen) atoms. The van der Waals surface area contributed by atoms with Crippen molar-refractivity contribution in [3.8, 4) is 0 Å². The molecule has 4 unspecified atom stereocenters. The molecular weight excluding hydrogens is 304 g/mol. The maximum atomic E-state index is 11.3. The molecule has 1 fully saturated rings. The lowest BCUT2D eigenvalue weighted by molar-refractivity contribution is -0.387. The normalized spacial score (nSPS) is 30.7. The Morgan fingerprint density at radius 2 is 2.35 bits per heavy atom. The van der Waals surface area contributed by atoms with Gasteiger partial charge in [-0.05, 0) is 19.4 Å². The van der Waals surface area contributed by atoms with Crippen LogP contribution >= 0.6 is 0 Å². The van der Waals surface area contributed by atoms with Crippen LogP contribution in [0.4, 0.5) is 5.69 Å². The van der Waals surface area contributed by atoms with Crippen LogP contribution in [0.3, 0.4) is 0 Å². The van der Waals surface area contributed by atoms with E-state index < -0.39 is 34.8 Å². The quantitative estimate of drug-likeness (QED) is 0.511. The van der Waals surface area contributed by atoms with Gasteiger partial charge in [0.15, 0.2) is 0 Å². The predicted molar refractivity (Wildman–Crippen MR) is 79.6 cm³/mol. The largest absolute Gasteiger partial charge is 0.459 e. The zero-order valence-electron chi connectivity index (χ0n) is 13.3. The minimum absolute atomic E-state index is 0.138. The van der Waals surface area contributed by atoms with Crippen LogP contribution in [0.2, 0.25) is 0 Å². The summed E-state index contributed by atoms with van der Waals surface area (Å²) in [4.78, 5) is 25.7. The topological polar surface area (TPSA) is 112 Å². The fourth-order valence-electron chi connectivity index (χ4n) is 2.97. The third-order valence-corrected chi connectivity index (χ3v) is 4.31. The Hall–Kier alpha value is -2.06. The van der Waals surface area contributed by atoms with E-state index in [0.717, 1.165) is 6.20 Å². The van der Waals surface area contributed by atoms with Crippen molar-refractivity contribution >= 4 is 11.7 Å². The Balaban J connectivity index is 2.36. The van der Waals surface area contributed by atoms with E-state index in [4.69, 9.17) is 9.47 Å².